The highest BCUT2D eigenvalue weighted by molar-refractivity contribution is 5.40. The lowest BCUT2D eigenvalue weighted by Gasteiger charge is -2.49. The molecule has 6 atom stereocenters. The summed E-state index contributed by atoms with van der Waals surface area (Å²) in [4.78, 5) is 0. The molecule has 4 rings (SSSR count). The van der Waals surface area contributed by atoms with E-state index in [0.717, 1.165) is 25.2 Å². The molecule has 3 aliphatic carbocycles. The van der Waals surface area contributed by atoms with Gasteiger partial charge in [0.05, 0.1) is 5.60 Å². The predicted octanol–water partition coefficient (Wildman–Crippen LogP) is 3.86. The fraction of sp³-hybridized carbons (Fsp3) is 0.684. The molecule has 114 valence electrons. The summed E-state index contributed by atoms with van der Waals surface area (Å²) >= 11 is 0. The lowest BCUT2D eigenvalue weighted by atomic mass is 9.56. The van der Waals surface area contributed by atoms with Crippen molar-refractivity contribution in [1.29, 1.82) is 0 Å². The van der Waals surface area contributed by atoms with Crippen LogP contribution in [-0.2, 0) is 6.42 Å². The van der Waals surface area contributed by atoms with Crippen LogP contribution >= 0.6 is 0 Å². The second-order valence-electron chi connectivity index (χ2n) is 7.99. The third-order valence-corrected chi connectivity index (χ3v) is 6.78. The van der Waals surface area contributed by atoms with Crippen LogP contribution < -0.4 is 0 Å². The highest BCUT2D eigenvalue weighted by atomic mass is 16.3. The molecule has 1 aromatic carbocycles. The molecule has 2 N–H and O–H groups in total. The summed E-state index contributed by atoms with van der Waals surface area (Å²) in [6.07, 6.45) is 5.63. The number of fused-ring (bicyclic) bond motifs is 5. The third-order valence-electron chi connectivity index (χ3n) is 6.78. The van der Waals surface area contributed by atoms with Crippen LogP contribution in [0.1, 0.15) is 56.6 Å². The molecule has 0 aliphatic heterocycles. The molecule has 0 radical (unpaired) electrons. The number of rotatable bonds is 0. The standard InChI is InChI=1S/C19H26O2/c1-11-9-17-15(7-8-19(17,2)21)16-5-3-12-10-13(20)4-6-14(12)18(11)16/h4,6,10-11,15-18,20-21H,3,5,7-9H2,1-2H3/t11-,15-,16-,17-,18+,19+/m0/s1. The van der Waals surface area contributed by atoms with E-state index in [1.165, 1.54) is 24.0 Å². The molecule has 0 unspecified atom stereocenters. The van der Waals surface area contributed by atoms with Gasteiger partial charge in [0.25, 0.3) is 0 Å². The Hall–Kier alpha value is -1.02. The Labute approximate surface area is 127 Å². The van der Waals surface area contributed by atoms with Gasteiger partial charge >= 0.3 is 0 Å². The summed E-state index contributed by atoms with van der Waals surface area (Å²) in [5.74, 6) is 3.58. The third kappa shape index (κ3) is 1.95. The Balaban J connectivity index is 1.73. The van der Waals surface area contributed by atoms with E-state index in [-0.39, 0.29) is 0 Å². The smallest absolute Gasteiger partial charge is 0.115 e. The van der Waals surface area contributed by atoms with Crippen molar-refractivity contribution in [2.24, 2.45) is 23.7 Å². The van der Waals surface area contributed by atoms with E-state index in [1.54, 1.807) is 0 Å². The van der Waals surface area contributed by atoms with Gasteiger partial charge in [0.1, 0.15) is 5.75 Å². The van der Waals surface area contributed by atoms with Crippen LogP contribution in [0, 0.1) is 23.7 Å². The zero-order valence-electron chi connectivity index (χ0n) is 13.0. The first-order valence-electron chi connectivity index (χ1n) is 8.51. The normalized spacial score (nSPS) is 44.8. The van der Waals surface area contributed by atoms with E-state index in [2.05, 4.69) is 19.9 Å². The van der Waals surface area contributed by atoms with Crippen LogP contribution in [0.2, 0.25) is 0 Å². The maximum absolute atomic E-state index is 10.7. The summed E-state index contributed by atoms with van der Waals surface area (Å²) in [5.41, 5.74) is 2.38. The van der Waals surface area contributed by atoms with Crippen molar-refractivity contribution >= 4 is 0 Å². The monoisotopic (exact) mass is 286 g/mol. The molecular formula is C19H26O2. The molecule has 0 saturated heterocycles. The van der Waals surface area contributed by atoms with Crippen molar-refractivity contribution in [3.8, 4) is 5.75 Å². The zero-order chi connectivity index (χ0) is 14.8. The number of aromatic hydroxyl groups is 1. The average Bonchev–Trinajstić information content (AvgIpc) is 2.74. The Morgan fingerprint density at radius 3 is 2.81 bits per heavy atom. The molecule has 0 heterocycles. The summed E-state index contributed by atoms with van der Waals surface area (Å²) in [6.45, 7) is 4.42. The van der Waals surface area contributed by atoms with Gasteiger partial charge in [-0.3, -0.25) is 0 Å². The molecule has 0 bridgehead atoms. The fourth-order valence-corrected chi connectivity index (χ4v) is 5.87. The lowest BCUT2D eigenvalue weighted by Crippen LogP contribution is -2.44. The average molecular weight is 286 g/mol. The number of hydrogen-bond donors (Lipinski definition) is 2. The van der Waals surface area contributed by atoms with Crippen molar-refractivity contribution in [1.82, 2.24) is 0 Å². The summed E-state index contributed by atoms with van der Waals surface area (Å²) < 4.78 is 0. The van der Waals surface area contributed by atoms with Gasteiger partial charge in [-0.1, -0.05) is 13.0 Å². The Morgan fingerprint density at radius 1 is 1.19 bits per heavy atom. The Morgan fingerprint density at radius 2 is 2.00 bits per heavy atom. The second-order valence-corrected chi connectivity index (χ2v) is 7.99. The molecule has 2 fully saturated rings. The van der Waals surface area contributed by atoms with Crippen LogP contribution in [-0.4, -0.2) is 15.8 Å². The van der Waals surface area contributed by atoms with Crippen LogP contribution in [0.4, 0.5) is 0 Å². The molecule has 2 nitrogen and oxygen atoms in total. The van der Waals surface area contributed by atoms with Crippen molar-refractivity contribution in [3.05, 3.63) is 29.3 Å². The highest BCUT2D eigenvalue weighted by Gasteiger charge is 2.54. The molecular weight excluding hydrogens is 260 g/mol. The molecule has 0 amide bonds. The minimum Gasteiger partial charge on any atom is -0.508 e. The largest absolute Gasteiger partial charge is 0.508 e. The SMILES string of the molecule is C[C@H]1C[C@H]2[C@@H](CC[C@@]2(C)O)[C@@H]2CCc3cc(O)ccc3[C@H]21. The fourth-order valence-electron chi connectivity index (χ4n) is 5.87. The lowest BCUT2D eigenvalue weighted by molar-refractivity contribution is -0.0347. The Bertz CT molecular complexity index is 563. The maximum Gasteiger partial charge on any atom is 0.115 e. The minimum absolute atomic E-state index is 0.400. The van der Waals surface area contributed by atoms with E-state index >= 15 is 0 Å². The van der Waals surface area contributed by atoms with Gasteiger partial charge in [-0.15, -0.1) is 0 Å². The van der Waals surface area contributed by atoms with Crippen LogP contribution in [0.3, 0.4) is 0 Å². The number of hydrogen-bond acceptors (Lipinski definition) is 2. The molecule has 0 aromatic heterocycles. The maximum atomic E-state index is 10.7. The number of aryl methyl sites for hydroxylation is 1. The summed E-state index contributed by atoms with van der Waals surface area (Å²) in [5, 5.41) is 20.4. The van der Waals surface area contributed by atoms with Gasteiger partial charge in [0, 0.05) is 0 Å². The van der Waals surface area contributed by atoms with Gasteiger partial charge in [-0.25, -0.2) is 0 Å². The first-order valence-corrected chi connectivity index (χ1v) is 8.51. The Kier molecular flexibility index (Phi) is 2.91. The number of aliphatic hydroxyl groups is 1. The molecule has 21 heavy (non-hydrogen) atoms. The van der Waals surface area contributed by atoms with Gasteiger partial charge in [0.15, 0.2) is 0 Å². The zero-order valence-corrected chi connectivity index (χ0v) is 13.0. The molecule has 2 saturated carbocycles. The molecule has 2 heteroatoms. The van der Waals surface area contributed by atoms with Crippen LogP contribution in [0.5, 0.6) is 5.75 Å². The summed E-state index contributed by atoms with van der Waals surface area (Å²) in [7, 11) is 0. The van der Waals surface area contributed by atoms with E-state index in [0.29, 0.717) is 29.4 Å². The van der Waals surface area contributed by atoms with E-state index < -0.39 is 5.60 Å². The second kappa shape index (κ2) is 4.49. The predicted molar refractivity (Wildman–Crippen MR) is 83.3 cm³/mol. The van der Waals surface area contributed by atoms with Gasteiger partial charge in [-0.05, 0) is 91.9 Å². The van der Waals surface area contributed by atoms with Crippen molar-refractivity contribution in [2.75, 3.05) is 0 Å². The van der Waals surface area contributed by atoms with Gasteiger partial charge in [0.2, 0.25) is 0 Å². The van der Waals surface area contributed by atoms with Crippen molar-refractivity contribution in [2.45, 2.75) is 57.5 Å². The highest BCUT2D eigenvalue weighted by Crippen LogP contribution is 2.59. The topological polar surface area (TPSA) is 40.5 Å². The quantitative estimate of drug-likeness (QED) is 0.760. The van der Waals surface area contributed by atoms with Crippen LogP contribution in [0.15, 0.2) is 18.2 Å². The number of phenols is 1. The van der Waals surface area contributed by atoms with E-state index in [1.807, 2.05) is 12.1 Å². The van der Waals surface area contributed by atoms with Crippen molar-refractivity contribution in [3.63, 3.8) is 0 Å². The molecule has 0 spiro atoms. The van der Waals surface area contributed by atoms with Gasteiger partial charge in [-0.2, -0.15) is 0 Å². The number of benzene rings is 1. The minimum atomic E-state index is -0.445. The molecule has 1 aromatic rings. The van der Waals surface area contributed by atoms with E-state index in [9.17, 15) is 10.2 Å². The molecule has 3 aliphatic rings. The van der Waals surface area contributed by atoms with Crippen LogP contribution in [0.25, 0.3) is 0 Å². The number of phenolic OH excluding ortho intramolecular Hbond substituents is 1. The first kappa shape index (κ1) is 13.6. The van der Waals surface area contributed by atoms with Crippen molar-refractivity contribution < 1.29 is 10.2 Å². The van der Waals surface area contributed by atoms with Gasteiger partial charge < -0.3 is 10.2 Å². The first-order chi connectivity index (χ1) is 9.97. The summed E-state index contributed by atoms with van der Waals surface area (Å²) in [6, 6.07) is 5.98. The van der Waals surface area contributed by atoms with E-state index in [4.69, 9.17) is 0 Å².